The highest BCUT2D eigenvalue weighted by Gasteiger charge is 1.98. The zero-order valence-corrected chi connectivity index (χ0v) is 5.97. The Hall–Kier alpha value is -1.03. The number of H-pyrrole nitrogens is 1. The van der Waals surface area contributed by atoms with E-state index in [1.807, 2.05) is 0 Å². The molecule has 1 rings (SSSR count). The molecule has 0 saturated carbocycles. The smallest absolute Gasteiger partial charge is 0.306 e. The average molecular weight is 161 g/mol. The Balaban J connectivity index is 3.22. The summed E-state index contributed by atoms with van der Waals surface area (Å²) < 4.78 is 4.66. The molecular weight excluding hydrogens is 156 g/mol. The summed E-state index contributed by atoms with van der Waals surface area (Å²) >= 11 is 5.43. The molecule has 0 aliphatic carbocycles. The first-order valence-corrected chi connectivity index (χ1v) is 2.91. The van der Waals surface area contributed by atoms with E-state index in [1.54, 1.807) is 0 Å². The third-order valence-electron chi connectivity index (χ3n) is 0.958. The molecule has 1 aromatic rings. The van der Waals surface area contributed by atoms with E-state index in [4.69, 9.17) is 11.6 Å². The lowest BCUT2D eigenvalue weighted by Gasteiger charge is -1.95. The van der Waals surface area contributed by atoms with E-state index in [2.05, 4.69) is 14.9 Å². The van der Waals surface area contributed by atoms with Crippen LogP contribution in [0.25, 0.3) is 0 Å². The topological polar surface area (TPSA) is 55.0 Å². The van der Waals surface area contributed by atoms with Gasteiger partial charge in [0.2, 0.25) is 0 Å². The number of halogens is 1. The summed E-state index contributed by atoms with van der Waals surface area (Å²) in [6.07, 6.45) is 0. The van der Waals surface area contributed by atoms with Crippen molar-refractivity contribution in [3.05, 3.63) is 21.6 Å². The van der Waals surface area contributed by atoms with Crippen LogP contribution in [0.5, 0.6) is 5.75 Å². The van der Waals surface area contributed by atoms with E-state index in [0.717, 1.165) is 0 Å². The third kappa shape index (κ3) is 1.27. The highest BCUT2D eigenvalue weighted by Crippen LogP contribution is 2.06. The summed E-state index contributed by atoms with van der Waals surface area (Å²) in [4.78, 5) is 10.7. The lowest BCUT2D eigenvalue weighted by atomic mass is 10.5. The lowest BCUT2D eigenvalue weighted by molar-refractivity contribution is 0.406. The fourth-order valence-electron chi connectivity index (χ4n) is 0.517. The summed E-state index contributed by atoms with van der Waals surface area (Å²) in [7, 11) is 1.39. The second-order valence-electron chi connectivity index (χ2n) is 1.59. The van der Waals surface area contributed by atoms with Gasteiger partial charge in [0.15, 0.2) is 10.9 Å². The number of nitrogens with zero attached hydrogens (tertiary/aromatic N) is 1. The van der Waals surface area contributed by atoms with Crippen LogP contribution in [-0.4, -0.2) is 17.3 Å². The van der Waals surface area contributed by atoms with E-state index in [0.29, 0.717) is 0 Å². The van der Waals surface area contributed by atoms with Crippen molar-refractivity contribution in [3.8, 4) is 5.75 Å². The first-order valence-electron chi connectivity index (χ1n) is 2.53. The molecule has 0 bridgehead atoms. The molecule has 0 aromatic carbocycles. The van der Waals surface area contributed by atoms with Crippen molar-refractivity contribution in [2.24, 2.45) is 0 Å². The highest BCUT2D eigenvalue weighted by atomic mass is 35.5. The van der Waals surface area contributed by atoms with E-state index >= 15 is 0 Å². The molecule has 0 spiro atoms. The number of rotatable bonds is 1. The molecule has 0 unspecified atom stereocenters. The van der Waals surface area contributed by atoms with Gasteiger partial charge in [0, 0.05) is 6.07 Å². The van der Waals surface area contributed by atoms with Gasteiger partial charge >= 0.3 is 5.56 Å². The van der Waals surface area contributed by atoms with Crippen molar-refractivity contribution >= 4 is 11.6 Å². The molecular formula is C5H5ClN2O2. The van der Waals surface area contributed by atoms with Gasteiger partial charge in [-0.2, -0.15) is 5.10 Å². The van der Waals surface area contributed by atoms with Gasteiger partial charge in [0.1, 0.15) is 0 Å². The van der Waals surface area contributed by atoms with Gasteiger partial charge in [0.05, 0.1) is 7.11 Å². The Bertz CT molecular complexity index is 283. The van der Waals surface area contributed by atoms with Crippen LogP contribution < -0.4 is 10.3 Å². The Labute approximate surface area is 61.8 Å². The van der Waals surface area contributed by atoms with Crippen LogP contribution in [0, 0.1) is 0 Å². The Kier molecular flexibility index (Phi) is 1.91. The normalized spacial score (nSPS) is 9.40. The number of aromatic nitrogens is 2. The number of aromatic amines is 1. The number of ether oxygens (including phenoxy) is 1. The zero-order valence-electron chi connectivity index (χ0n) is 5.22. The van der Waals surface area contributed by atoms with Crippen LogP contribution >= 0.6 is 11.6 Å². The third-order valence-corrected chi connectivity index (χ3v) is 1.15. The van der Waals surface area contributed by atoms with Gasteiger partial charge in [-0.25, -0.2) is 5.10 Å². The molecule has 0 radical (unpaired) electrons. The fraction of sp³-hybridized carbons (Fsp3) is 0.200. The summed E-state index contributed by atoms with van der Waals surface area (Å²) in [5, 5.41) is 5.80. The maximum absolute atomic E-state index is 10.7. The van der Waals surface area contributed by atoms with Crippen LogP contribution in [0.3, 0.4) is 0 Å². The molecule has 0 aliphatic heterocycles. The minimum Gasteiger partial charge on any atom is -0.491 e. The lowest BCUT2D eigenvalue weighted by Crippen LogP contribution is -2.10. The molecule has 1 aromatic heterocycles. The Morgan fingerprint density at radius 1 is 1.80 bits per heavy atom. The molecule has 4 nitrogen and oxygen atoms in total. The molecule has 1 N–H and O–H groups in total. The molecule has 0 amide bonds. The SMILES string of the molecule is COc1cc(Cl)n[nH]c1=O. The second-order valence-corrected chi connectivity index (χ2v) is 1.98. The Morgan fingerprint density at radius 2 is 2.50 bits per heavy atom. The molecule has 0 saturated heterocycles. The van der Waals surface area contributed by atoms with Crippen LogP contribution in [0.4, 0.5) is 0 Å². The second kappa shape index (κ2) is 2.70. The van der Waals surface area contributed by atoms with Crippen molar-refractivity contribution in [3.63, 3.8) is 0 Å². The summed E-state index contributed by atoms with van der Waals surface area (Å²) in [6, 6.07) is 1.35. The van der Waals surface area contributed by atoms with Gasteiger partial charge in [-0.15, -0.1) is 0 Å². The fourth-order valence-corrected chi connectivity index (χ4v) is 0.658. The highest BCUT2D eigenvalue weighted by molar-refractivity contribution is 6.29. The van der Waals surface area contributed by atoms with Crippen molar-refractivity contribution in [1.29, 1.82) is 0 Å². The molecule has 0 atom stereocenters. The van der Waals surface area contributed by atoms with E-state index in [1.165, 1.54) is 13.2 Å². The maximum atomic E-state index is 10.7. The van der Waals surface area contributed by atoms with Crippen molar-refractivity contribution in [1.82, 2.24) is 10.2 Å². The minimum atomic E-state index is -0.382. The van der Waals surface area contributed by atoms with Crippen LogP contribution in [0.1, 0.15) is 0 Å². The number of hydrogen-bond acceptors (Lipinski definition) is 3. The predicted octanol–water partition coefficient (Wildman–Crippen LogP) is 0.432. The van der Waals surface area contributed by atoms with Crippen LogP contribution in [-0.2, 0) is 0 Å². The first-order chi connectivity index (χ1) is 4.74. The van der Waals surface area contributed by atoms with Crippen molar-refractivity contribution in [2.45, 2.75) is 0 Å². The van der Waals surface area contributed by atoms with Gasteiger partial charge in [0.25, 0.3) is 0 Å². The minimum absolute atomic E-state index is 0.167. The summed E-state index contributed by atoms with van der Waals surface area (Å²) in [5.41, 5.74) is -0.382. The van der Waals surface area contributed by atoms with Crippen LogP contribution in [0.2, 0.25) is 5.15 Å². The van der Waals surface area contributed by atoms with Crippen molar-refractivity contribution in [2.75, 3.05) is 7.11 Å². The van der Waals surface area contributed by atoms with E-state index < -0.39 is 0 Å². The summed E-state index contributed by atoms with van der Waals surface area (Å²) in [5.74, 6) is 0.167. The largest absolute Gasteiger partial charge is 0.491 e. The number of methoxy groups -OCH3 is 1. The molecule has 54 valence electrons. The molecule has 10 heavy (non-hydrogen) atoms. The number of nitrogens with one attached hydrogen (secondary N) is 1. The van der Waals surface area contributed by atoms with E-state index in [-0.39, 0.29) is 16.5 Å². The van der Waals surface area contributed by atoms with Gasteiger partial charge < -0.3 is 4.74 Å². The van der Waals surface area contributed by atoms with Crippen molar-refractivity contribution < 1.29 is 4.74 Å². The first kappa shape index (κ1) is 7.08. The maximum Gasteiger partial charge on any atom is 0.306 e. The van der Waals surface area contributed by atoms with E-state index in [9.17, 15) is 4.79 Å². The molecule has 5 heteroatoms. The quantitative estimate of drug-likeness (QED) is 0.648. The molecule has 0 fully saturated rings. The molecule has 1 heterocycles. The Morgan fingerprint density at radius 3 is 3.00 bits per heavy atom. The number of hydrogen-bond donors (Lipinski definition) is 1. The van der Waals surface area contributed by atoms with Gasteiger partial charge in [-0.1, -0.05) is 11.6 Å². The summed E-state index contributed by atoms with van der Waals surface area (Å²) in [6.45, 7) is 0. The van der Waals surface area contributed by atoms with Crippen LogP contribution in [0.15, 0.2) is 10.9 Å². The zero-order chi connectivity index (χ0) is 7.56. The monoisotopic (exact) mass is 160 g/mol. The predicted molar refractivity (Wildman–Crippen MR) is 36.4 cm³/mol. The van der Waals surface area contributed by atoms with Gasteiger partial charge in [-0.05, 0) is 0 Å². The van der Waals surface area contributed by atoms with Gasteiger partial charge in [-0.3, -0.25) is 4.79 Å². The standard InChI is InChI=1S/C5H5ClN2O2/c1-10-3-2-4(6)7-8-5(3)9/h2H,1H3,(H,8,9). The molecule has 0 aliphatic rings. The average Bonchev–Trinajstić information content (AvgIpc) is 1.94.